The second kappa shape index (κ2) is 12.1. The number of halogens is 2. The Labute approximate surface area is 253 Å². The van der Waals surface area contributed by atoms with Crippen LogP contribution in [0, 0.1) is 7.14 Å². The van der Waals surface area contributed by atoms with Gasteiger partial charge in [-0.25, -0.2) is 4.99 Å². The van der Waals surface area contributed by atoms with Crippen molar-refractivity contribution in [1.82, 2.24) is 4.90 Å². The van der Waals surface area contributed by atoms with E-state index < -0.39 is 0 Å². The number of benzene rings is 4. The maximum Gasteiger partial charge on any atom is 0.266 e. The SMILES string of the molecule is CCN1C(=O)/C(=C\c2cc(I)c(OCc3ccc4ccccc4c3)c(I)c2)SC1=Nc1ccc(OC)cc1. The zero-order chi connectivity index (χ0) is 26.6. The summed E-state index contributed by atoms with van der Waals surface area (Å²) in [4.78, 5) is 20.2. The Morgan fingerprint density at radius 2 is 1.66 bits per heavy atom. The van der Waals surface area contributed by atoms with Crippen LogP contribution in [-0.4, -0.2) is 29.6 Å². The highest BCUT2D eigenvalue weighted by Gasteiger charge is 2.32. The summed E-state index contributed by atoms with van der Waals surface area (Å²) < 4.78 is 13.5. The van der Waals surface area contributed by atoms with Crippen LogP contribution in [0.5, 0.6) is 11.5 Å². The molecule has 8 heteroatoms. The van der Waals surface area contributed by atoms with Crippen LogP contribution in [0.4, 0.5) is 5.69 Å². The van der Waals surface area contributed by atoms with Gasteiger partial charge < -0.3 is 9.47 Å². The molecule has 38 heavy (non-hydrogen) atoms. The zero-order valence-electron chi connectivity index (χ0n) is 20.8. The number of aliphatic imine (C=N–C) groups is 1. The van der Waals surface area contributed by atoms with Gasteiger partial charge in [0.2, 0.25) is 0 Å². The maximum absolute atomic E-state index is 13.1. The molecular formula is C30H24I2N2O3S. The Hall–Kier alpha value is -2.57. The molecule has 0 atom stereocenters. The maximum atomic E-state index is 13.1. The summed E-state index contributed by atoms with van der Waals surface area (Å²) in [6, 6.07) is 26.3. The van der Waals surface area contributed by atoms with Gasteiger partial charge in [-0.3, -0.25) is 9.69 Å². The zero-order valence-corrected chi connectivity index (χ0v) is 25.9. The van der Waals surface area contributed by atoms with Crippen LogP contribution in [0.3, 0.4) is 0 Å². The number of fused-ring (bicyclic) bond motifs is 1. The molecule has 0 radical (unpaired) electrons. The number of hydrogen-bond donors (Lipinski definition) is 0. The van der Waals surface area contributed by atoms with Crippen molar-refractivity contribution in [2.45, 2.75) is 13.5 Å². The minimum atomic E-state index is -0.0357. The predicted molar refractivity (Wildman–Crippen MR) is 173 cm³/mol. The lowest BCUT2D eigenvalue weighted by molar-refractivity contribution is -0.122. The highest BCUT2D eigenvalue weighted by atomic mass is 127. The van der Waals surface area contributed by atoms with Crippen molar-refractivity contribution in [2.24, 2.45) is 4.99 Å². The quantitative estimate of drug-likeness (QED) is 0.141. The topological polar surface area (TPSA) is 51.1 Å². The van der Waals surface area contributed by atoms with E-state index in [0.717, 1.165) is 35.5 Å². The second-order valence-electron chi connectivity index (χ2n) is 8.54. The van der Waals surface area contributed by atoms with Crippen molar-refractivity contribution in [1.29, 1.82) is 0 Å². The van der Waals surface area contributed by atoms with Crippen molar-refractivity contribution in [3.63, 3.8) is 0 Å². The molecule has 192 valence electrons. The summed E-state index contributed by atoms with van der Waals surface area (Å²) in [7, 11) is 1.63. The minimum absolute atomic E-state index is 0.0357. The van der Waals surface area contributed by atoms with Crippen LogP contribution in [0.1, 0.15) is 18.1 Å². The number of hydrogen-bond acceptors (Lipinski definition) is 5. The second-order valence-corrected chi connectivity index (χ2v) is 11.9. The fourth-order valence-electron chi connectivity index (χ4n) is 4.07. The van der Waals surface area contributed by atoms with Gasteiger partial charge in [0.15, 0.2) is 5.17 Å². The Morgan fingerprint density at radius 1 is 0.947 bits per heavy atom. The minimum Gasteiger partial charge on any atom is -0.497 e. The fourth-order valence-corrected chi connectivity index (χ4v) is 7.26. The molecule has 1 amide bonds. The van der Waals surface area contributed by atoms with Crippen molar-refractivity contribution < 1.29 is 14.3 Å². The van der Waals surface area contributed by atoms with Gasteiger partial charge in [0.25, 0.3) is 5.91 Å². The van der Waals surface area contributed by atoms with Crippen molar-refractivity contribution in [3.05, 3.63) is 102 Å². The Bertz CT molecular complexity index is 1540. The van der Waals surface area contributed by atoms with E-state index in [0.29, 0.717) is 23.2 Å². The lowest BCUT2D eigenvalue weighted by Crippen LogP contribution is -2.28. The molecule has 4 aromatic carbocycles. The number of rotatable bonds is 7. The molecule has 0 N–H and O–H groups in total. The molecule has 0 saturated carbocycles. The summed E-state index contributed by atoms with van der Waals surface area (Å²) in [5, 5.41) is 3.10. The van der Waals surface area contributed by atoms with Crippen LogP contribution in [0.15, 0.2) is 88.8 Å². The number of amidine groups is 1. The summed E-state index contributed by atoms with van der Waals surface area (Å²) >= 11 is 6.00. The number of methoxy groups -OCH3 is 1. The first kappa shape index (κ1) is 27.0. The van der Waals surface area contributed by atoms with Gasteiger partial charge in [0.1, 0.15) is 18.1 Å². The molecule has 5 rings (SSSR count). The normalized spacial score (nSPS) is 15.6. The molecular weight excluding hydrogens is 722 g/mol. The summed E-state index contributed by atoms with van der Waals surface area (Å²) in [5.74, 6) is 1.58. The standard InChI is InChI=1S/C30H24I2N2O3S/c1-3-34-29(35)27(38-30(34)33-23-10-12-24(36-2)13-11-23)17-20-15-25(31)28(26(32)16-20)37-18-19-8-9-21-6-4-5-7-22(21)14-19/h4-17H,3,18H2,1-2H3/b27-17+,33-30?. The van der Waals surface area contributed by atoms with E-state index in [1.165, 1.54) is 22.5 Å². The van der Waals surface area contributed by atoms with Gasteiger partial charge in [-0.15, -0.1) is 0 Å². The molecule has 1 aliphatic rings. The first-order valence-corrected chi connectivity index (χ1v) is 15.0. The van der Waals surface area contributed by atoms with Crippen molar-refractivity contribution in [2.75, 3.05) is 13.7 Å². The number of amides is 1. The fraction of sp³-hybridized carbons (Fsp3) is 0.133. The summed E-state index contributed by atoms with van der Waals surface area (Å²) in [5.41, 5.74) is 2.85. The van der Waals surface area contributed by atoms with Crippen LogP contribution < -0.4 is 9.47 Å². The third-order valence-corrected chi connectivity index (χ3v) is 8.63. The molecule has 0 unspecified atom stereocenters. The van der Waals surface area contributed by atoms with E-state index in [1.807, 2.05) is 61.5 Å². The van der Waals surface area contributed by atoms with Crippen LogP contribution in [0.25, 0.3) is 16.8 Å². The molecule has 1 heterocycles. The first-order valence-electron chi connectivity index (χ1n) is 12.0. The van der Waals surface area contributed by atoms with E-state index in [9.17, 15) is 4.79 Å². The largest absolute Gasteiger partial charge is 0.497 e. The van der Waals surface area contributed by atoms with Crippen molar-refractivity contribution in [3.8, 4) is 11.5 Å². The third-order valence-electron chi connectivity index (χ3n) is 6.02. The average molecular weight is 746 g/mol. The number of carbonyl (C=O) groups is 1. The van der Waals surface area contributed by atoms with E-state index in [-0.39, 0.29) is 5.91 Å². The molecule has 0 aliphatic carbocycles. The van der Waals surface area contributed by atoms with Gasteiger partial charge >= 0.3 is 0 Å². The van der Waals surface area contributed by atoms with Crippen molar-refractivity contribution >= 4 is 90.6 Å². The van der Waals surface area contributed by atoms with E-state index in [1.54, 1.807) is 12.0 Å². The molecule has 0 bridgehead atoms. The lowest BCUT2D eigenvalue weighted by atomic mass is 10.1. The summed E-state index contributed by atoms with van der Waals surface area (Å²) in [6.07, 6.45) is 1.93. The van der Waals surface area contributed by atoms with Gasteiger partial charge in [-0.1, -0.05) is 36.4 Å². The number of likely N-dealkylation sites (N-methyl/N-ethyl adjacent to an activating group) is 1. The highest BCUT2D eigenvalue weighted by molar-refractivity contribution is 14.1. The van der Waals surface area contributed by atoms with Crippen LogP contribution >= 0.6 is 56.9 Å². The van der Waals surface area contributed by atoms with Gasteiger partial charge in [0, 0.05) is 6.54 Å². The van der Waals surface area contributed by atoms with Crippen LogP contribution in [0.2, 0.25) is 0 Å². The van der Waals surface area contributed by atoms with E-state index in [2.05, 4.69) is 75.5 Å². The number of nitrogens with zero attached hydrogens (tertiary/aromatic N) is 2. The Kier molecular flexibility index (Phi) is 8.59. The molecule has 0 aromatic heterocycles. The Morgan fingerprint density at radius 3 is 2.34 bits per heavy atom. The highest BCUT2D eigenvalue weighted by Crippen LogP contribution is 2.36. The van der Waals surface area contributed by atoms with Gasteiger partial charge in [-0.05, 0) is 134 Å². The monoisotopic (exact) mass is 746 g/mol. The molecule has 4 aromatic rings. The average Bonchev–Trinajstić information content (AvgIpc) is 3.21. The number of ether oxygens (including phenoxy) is 2. The Balaban J connectivity index is 1.34. The van der Waals surface area contributed by atoms with E-state index in [4.69, 9.17) is 14.5 Å². The molecule has 0 spiro atoms. The number of thioether (sulfide) groups is 1. The first-order chi connectivity index (χ1) is 18.4. The van der Waals surface area contributed by atoms with Crippen LogP contribution in [-0.2, 0) is 11.4 Å². The molecule has 1 fully saturated rings. The molecule has 1 aliphatic heterocycles. The van der Waals surface area contributed by atoms with E-state index >= 15 is 0 Å². The summed E-state index contributed by atoms with van der Waals surface area (Å²) in [6.45, 7) is 3.00. The van der Waals surface area contributed by atoms with Gasteiger partial charge in [0.05, 0.1) is 24.8 Å². The molecule has 5 nitrogen and oxygen atoms in total. The van der Waals surface area contributed by atoms with Gasteiger partial charge in [-0.2, -0.15) is 0 Å². The smallest absolute Gasteiger partial charge is 0.266 e. The lowest BCUT2D eigenvalue weighted by Gasteiger charge is -2.12. The predicted octanol–water partition coefficient (Wildman–Crippen LogP) is 8.26. The third kappa shape index (κ3) is 6.02. The number of carbonyl (C=O) groups excluding carboxylic acids is 1. The molecule has 1 saturated heterocycles.